The maximum absolute atomic E-state index is 4.44. The molecule has 1 saturated heterocycles. The molecule has 1 aliphatic rings. The number of likely N-dealkylation sites (tertiary alicyclic amines) is 1. The van der Waals surface area contributed by atoms with Gasteiger partial charge in [0.1, 0.15) is 11.6 Å². The lowest BCUT2D eigenvalue weighted by Gasteiger charge is -2.24. The summed E-state index contributed by atoms with van der Waals surface area (Å²) in [4.78, 5) is 11.2. The van der Waals surface area contributed by atoms with E-state index in [0.717, 1.165) is 24.7 Å². The number of aryl methyl sites for hydroxylation is 1. The Kier molecular flexibility index (Phi) is 3.69. The van der Waals surface area contributed by atoms with Crippen LogP contribution in [0.25, 0.3) is 0 Å². The topological polar surface area (TPSA) is 46.0 Å². The number of anilines is 1. The van der Waals surface area contributed by atoms with Crippen LogP contribution in [-0.2, 0) is 13.6 Å². The first-order valence-corrected chi connectivity index (χ1v) is 7.12. The molecular formula is C15H21N5. The van der Waals surface area contributed by atoms with Crippen molar-refractivity contribution in [1.29, 1.82) is 0 Å². The quantitative estimate of drug-likeness (QED) is 0.926. The average Bonchev–Trinajstić information content (AvgIpc) is 3.09. The van der Waals surface area contributed by atoms with Gasteiger partial charge in [0.05, 0.1) is 6.54 Å². The summed E-state index contributed by atoms with van der Waals surface area (Å²) in [6, 6.07) is 4.76. The minimum Gasteiger partial charge on any atom is -0.373 e. The van der Waals surface area contributed by atoms with Crippen molar-refractivity contribution in [2.24, 2.45) is 7.05 Å². The molecule has 0 bridgehead atoms. The predicted molar refractivity (Wildman–Crippen MR) is 79.4 cm³/mol. The molecule has 20 heavy (non-hydrogen) atoms. The first-order valence-electron chi connectivity index (χ1n) is 7.12. The van der Waals surface area contributed by atoms with Crippen LogP contribution in [0.2, 0.25) is 0 Å². The Morgan fingerprint density at radius 3 is 3.00 bits per heavy atom. The minimum absolute atomic E-state index is 0.474. The summed E-state index contributed by atoms with van der Waals surface area (Å²) < 4.78 is 2.10. The third kappa shape index (κ3) is 2.54. The number of hydrogen-bond donors (Lipinski definition) is 1. The molecule has 1 unspecified atom stereocenters. The molecule has 0 radical (unpaired) electrons. The number of nitrogens with zero attached hydrogens (tertiary/aromatic N) is 4. The van der Waals surface area contributed by atoms with Crippen molar-refractivity contribution in [3.63, 3.8) is 0 Å². The molecular weight excluding hydrogens is 250 g/mol. The van der Waals surface area contributed by atoms with Gasteiger partial charge in [0.25, 0.3) is 0 Å². The van der Waals surface area contributed by atoms with Crippen molar-refractivity contribution in [3.05, 3.63) is 42.1 Å². The fourth-order valence-corrected chi connectivity index (χ4v) is 2.91. The molecule has 106 valence electrons. The minimum atomic E-state index is 0.474. The molecule has 0 aliphatic carbocycles. The van der Waals surface area contributed by atoms with E-state index in [9.17, 15) is 0 Å². The number of aromatic nitrogens is 3. The standard InChI is InChI=1S/C15H21N5/c1-16-14-10-12(5-6-17-14)13-4-3-8-20(13)11-15-18-7-9-19(15)2/h5-7,9-10,13H,3-4,8,11H2,1-2H3,(H,16,17). The lowest BCUT2D eigenvalue weighted by molar-refractivity contribution is 0.240. The Morgan fingerprint density at radius 1 is 1.35 bits per heavy atom. The summed E-state index contributed by atoms with van der Waals surface area (Å²) in [7, 11) is 3.96. The molecule has 0 amide bonds. The maximum Gasteiger partial charge on any atom is 0.125 e. The summed E-state index contributed by atoms with van der Waals surface area (Å²) >= 11 is 0. The molecule has 1 aliphatic heterocycles. The fraction of sp³-hybridized carbons (Fsp3) is 0.467. The highest BCUT2D eigenvalue weighted by Gasteiger charge is 2.27. The second-order valence-electron chi connectivity index (χ2n) is 5.31. The Balaban J connectivity index is 1.79. The number of hydrogen-bond acceptors (Lipinski definition) is 4. The van der Waals surface area contributed by atoms with E-state index in [1.54, 1.807) is 0 Å². The Bertz CT molecular complexity index is 577. The van der Waals surface area contributed by atoms with E-state index in [2.05, 4.69) is 43.9 Å². The molecule has 0 saturated carbocycles. The normalized spacial score (nSPS) is 19.4. The van der Waals surface area contributed by atoms with Crippen LogP contribution in [-0.4, -0.2) is 33.0 Å². The first kappa shape index (κ1) is 13.1. The second kappa shape index (κ2) is 5.63. The van der Waals surface area contributed by atoms with Crippen molar-refractivity contribution in [1.82, 2.24) is 19.4 Å². The molecule has 5 nitrogen and oxygen atoms in total. The van der Waals surface area contributed by atoms with Gasteiger partial charge >= 0.3 is 0 Å². The predicted octanol–water partition coefficient (Wildman–Crippen LogP) is 2.19. The lowest BCUT2D eigenvalue weighted by Crippen LogP contribution is -2.24. The highest BCUT2D eigenvalue weighted by molar-refractivity contribution is 5.38. The van der Waals surface area contributed by atoms with Crippen LogP contribution in [0.4, 0.5) is 5.82 Å². The summed E-state index contributed by atoms with van der Waals surface area (Å²) in [6.45, 7) is 2.04. The molecule has 3 rings (SSSR count). The fourth-order valence-electron chi connectivity index (χ4n) is 2.91. The summed E-state index contributed by atoms with van der Waals surface area (Å²) in [6.07, 6.45) is 8.21. The van der Waals surface area contributed by atoms with Crippen molar-refractivity contribution < 1.29 is 0 Å². The zero-order chi connectivity index (χ0) is 13.9. The average molecular weight is 271 g/mol. The SMILES string of the molecule is CNc1cc(C2CCCN2Cc2nccn2C)ccn1. The van der Waals surface area contributed by atoms with Gasteiger partial charge < -0.3 is 9.88 Å². The zero-order valence-electron chi connectivity index (χ0n) is 12.1. The van der Waals surface area contributed by atoms with E-state index in [0.29, 0.717) is 6.04 Å². The zero-order valence-corrected chi connectivity index (χ0v) is 12.1. The number of rotatable bonds is 4. The van der Waals surface area contributed by atoms with Gasteiger partial charge in [-0.05, 0) is 37.1 Å². The largest absolute Gasteiger partial charge is 0.373 e. The van der Waals surface area contributed by atoms with Crippen molar-refractivity contribution >= 4 is 5.82 Å². The molecule has 2 aromatic rings. The van der Waals surface area contributed by atoms with Crippen molar-refractivity contribution in [3.8, 4) is 0 Å². The van der Waals surface area contributed by atoms with Gasteiger partial charge in [-0.1, -0.05) is 0 Å². The van der Waals surface area contributed by atoms with E-state index < -0.39 is 0 Å². The van der Waals surface area contributed by atoms with E-state index in [1.165, 1.54) is 18.4 Å². The number of pyridine rings is 1. The molecule has 2 aromatic heterocycles. The maximum atomic E-state index is 4.44. The number of nitrogens with one attached hydrogen (secondary N) is 1. The van der Waals surface area contributed by atoms with Crippen LogP contribution in [0, 0.1) is 0 Å². The molecule has 1 atom stereocenters. The monoisotopic (exact) mass is 271 g/mol. The highest BCUT2D eigenvalue weighted by atomic mass is 15.2. The Hall–Kier alpha value is -1.88. The van der Waals surface area contributed by atoms with E-state index in [1.807, 2.05) is 25.6 Å². The van der Waals surface area contributed by atoms with Gasteiger partial charge in [-0.25, -0.2) is 9.97 Å². The third-order valence-corrected chi connectivity index (χ3v) is 4.05. The molecule has 0 aromatic carbocycles. The first-order chi connectivity index (χ1) is 9.78. The molecule has 5 heteroatoms. The smallest absolute Gasteiger partial charge is 0.125 e. The van der Waals surface area contributed by atoms with Crippen LogP contribution in [0.3, 0.4) is 0 Å². The van der Waals surface area contributed by atoms with Crippen LogP contribution in [0.15, 0.2) is 30.7 Å². The van der Waals surface area contributed by atoms with Gasteiger partial charge in [-0.2, -0.15) is 0 Å². The van der Waals surface area contributed by atoms with E-state index >= 15 is 0 Å². The van der Waals surface area contributed by atoms with Crippen LogP contribution >= 0.6 is 0 Å². The van der Waals surface area contributed by atoms with Gasteiger partial charge in [-0.3, -0.25) is 4.90 Å². The van der Waals surface area contributed by atoms with Crippen LogP contribution in [0.5, 0.6) is 0 Å². The highest BCUT2D eigenvalue weighted by Crippen LogP contribution is 2.33. The van der Waals surface area contributed by atoms with Crippen LogP contribution in [0.1, 0.15) is 30.3 Å². The molecule has 1 N–H and O–H groups in total. The van der Waals surface area contributed by atoms with E-state index in [-0.39, 0.29) is 0 Å². The van der Waals surface area contributed by atoms with Crippen LogP contribution < -0.4 is 5.32 Å². The summed E-state index contributed by atoms with van der Waals surface area (Å²) in [5, 5.41) is 3.11. The van der Waals surface area contributed by atoms with E-state index in [4.69, 9.17) is 0 Å². The summed E-state index contributed by atoms with van der Waals surface area (Å²) in [5.41, 5.74) is 1.34. The van der Waals surface area contributed by atoms with Gasteiger partial charge in [0, 0.05) is 38.7 Å². The second-order valence-corrected chi connectivity index (χ2v) is 5.31. The van der Waals surface area contributed by atoms with Gasteiger partial charge in [0.15, 0.2) is 0 Å². The molecule has 1 fully saturated rings. The Labute approximate surface area is 119 Å². The number of imidazole rings is 1. The van der Waals surface area contributed by atoms with Gasteiger partial charge in [0.2, 0.25) is 0 Å². The Morgan fingerprint density at radius 2 is 2.25 bits per heavy atom. The third-order valence-electron chi connectivity index (χ3n) is 4.05. The molecule has 3 heterocycles. The lowest BCUT2D eigenvalue weighted by atomic mass is 10.1. The van der Waals surface area contributed by atoms with Gasteiger partial charge in [-0.15, -0.1) is 0 Å². The molecule has 0 spiro atoms. The summed E-state index contributed by atoms with van der Waals surface area (Å²) in [5.74, 6) is 2.06. The van der Waals surface area contributed by atoms with Crippen molar-refractivity contribution in [2.75, 3.05) is 18.9 Å². The van der Waals surface area contributed by atoms with Crippen molar-refractivity contribution in [2.45, 2.75) is 25.4 Å².